The predicted octanol–water partition coefficient (Wildman–Crippen LogP) is 4.50. The van der Waals surface area contributed by atoms with Crippen molar-refractivity contribution >= 4 is 23.3 Å². The fraction of sp³-hybridized carbons (Fsp3) is 0.364. The zero-order chi connectivity index (χ0) is 23.3. The zero-order valence-electron chi connectivity index (χ0n) is 17.9. The van der Waals surface area contributed by atoms with Gasteiger partial charge in [-0.1, -0.05) is 12.1 Å². The zero-order valence-corrected chi connectivity index (χ0v) is 18.7. The van der Waals surface area contributed by atoms with Gasteiger partial charge in [0.1, 0.15) is 0 Å². The number of thiophene rings is 1. The highest BCUT2D eigenvalue weighted by atomic mass is 32.1. The first-order valence-corrected chi connectivity index (χ1v) is 10.8. The Morgan fingerprint density at radius 2 is 2.06 bits per heavy atom. The molecule has 2 amide bonds. The molecule has 172 valence electrons. The smallest absolute Gasteiger partial charge is 0.387 e. The summed E-state index contributed by atoms with van der Waals surface area (Å²) in [6.07, 6.45) is 0.623. The summed E-state index contributed by atoms with van der Waals surface area (Å²) in [4.78, 5) is 28.3. The van der Waals surface area contributed by atoms with Gasteiger partial charge in [-0.3, -0.25) is 4.90 Å². The number of rotatable bonds is 9. The van der Waals surface area contributed by atoms with Crippen molar-refractivity contribution in [1.82, 2.24) is 10.2 Å². The van der Waals surface area contributed by atoms with Gasteiger partial charge in [-0.2, -0.15) is 8.78 Å². The van der Waals surface area contributed by atoms with Crippen molar-refractivity contribution in [2.45, 2.75) is 32.9 Å². The maximum absolute atomic E-state index is 12.9. The molecule has 1 atom stereocenters. The first-order valence-electron chi connectivity index (χ1n) is 9.96. The van der Waals surface area contributed by atoms with E-state index in [0.717, 1.165) is 4.88 Å². The summed E-state index contributed by atoms with van der Waals surface area (Å²) in [5.41, 5.74) is 1.06. The monoisotopic (exact) mass is 466 g/mol. The summed E-state index contributed by atoms with van der Waals surface area (Å²) >= 11 is 1.58. The number of nitrogens with one attached hydrogen (secondary N) is 1. The quantitative estimate of drug-likeness (QED) is 0.551. The van der Waals surface area contributed by atoms with E-state index in [0.29, 0.717) is 24.2 Å². The molecule has 1 aromatic carbocycles. The van der Waals surface area contributed by atoms with E-state index in [-0.39, 0.29) is 23.7 Å². The van der Waals surface area contributed by atoms with E-state index in [1.165, 1.54) is 24.1 Å². The van der Waals surface area contributed by atoms with E-state index in [2.05, 4.69) is 10.1 Å². The lowest BCUT2D eigenvalue weighted by Crippen LogP contribution is -2.48. The number of alkyl halides is 2. The van der Waals surface area contributed by atoms with E-state index in [1.807, 2.05) is 17.5 Å². The molecule has 1 N–H and O–H groups in total. The van der Waals surface area contributed by atoms with Crippen LogP contribution in [0.1, 0.15) is 30.3 Å². The highest BCUT2D eigenvalue weighted by Crippen LogP contribution is 2.37. The minimum absolute atomic E-state index is 0.104. The highest BCUT2D eigenvalue weighted by molar-refractivity contribution is 7.09. The van der Waals surface area contributed by atoms with Crippen molar-refractivity contribution < 1.29 is 32.6 Å². The summed E-state index contributed by atoms with van der Waals surface area (Å²) in [6.45, 7) is 0.812. The minimum Gasteiger partial charge on any atom is -0.493 e. The second kappa shape index (κ2) is 10.4. The molecule has 1 unspecified atom stereocenters. The summed E-state index contributed by atoms with van der Waals surface area (Å²) in [6, 6.07) is 6.96. The molecule has 0 saturated carbocycles. The molecule has 0 radical (unpaired) electrons. The minimum atomic E-state index is -3.06. The second-order valence-corrected chi connectivity index (χ2v) is 7.90. The Bertz CT molecular complexity index is 994. The molecule has 1 aromatic heterocycles. The molecule has 7 nitrogen and oxygen atoms in total. The van der Waals surface area contributed by atoms with Gasteiger partial charge in [0.05, 0.1) is 25.3 Å². The molecule has 0 saturated heterocycles. The van der Waals surface area contributed by atoms with Gasteiger partial charge in [-0.15, -0.1) is 11.3 Å². The van der Waals surface area contributed by atoms with E-state index < -0.39 is 24.7 Å². The third kappa shape index (κ3) is 5.18. The van der Waals surface area contributed by atoms with Crippen LogP contribution in [0.15, 0.2) is 47.0 Å². The molecule has 1 aliphatic heterocycles. The van der Waals surface area contributed by atoms with Gasteiger partial charge in [0.2, 0.25) is 0 Å². The van der Waals surface area contributed by atoms with Crippen LogP contribution in [0.3, 0.4) is 0 Å². The molecule has 2 aromatic rings. The lowest BCUT2D eigenvalue weighted by molar-refractivity contribution is -0.139. The fourth-order valence-electron chi connectivity index (χ4n) is 3.51. The van der Waals surface area contributed by atoms with Gasteiger partial charge in [0.25, 0.3) is 0 Å². The molecule has 10 heteroatoms. The maximum atomic E-state index is 12.9. The molecular weight excluding hydrogens is 442 g/mol. The first-order chi connectivity index (χ1) is 15.3. The van der Waals surface area contributed by atoms with Crippen molar-refractivity contribution in [2.24, 2.45) is 0 Å². The number of amides is 2. The number of halogens is 2. The normalized spacial score (nSPS) is 16.2. The molecule has 0 fully saturated rings. The third-order valence-electron chi connectivity index (χ3n) is 4.99. The topological polar surface area (TPSA) is 77.1 Å². The van der Waals surface area contributed by atoms with Crippen molar-refractivity contribution in [3.8, 4) is 11.5 Å². The summed E-state index contributed by atoms with van der Waals surface area (Å²) in [5, 5.41) is 4.75. The van der Waals surface area contributed by atoms with Crippen LogP contribution < -0.4 is 14.8 Å². The van der Waals surface area contributed by atoms with Crippen LogP contribution >= 0.6 is 11.3 Å². The summed E-state index contributed by atoms with van der Waals surface area (Å²) in [5.74, 6) is -0.689. The maximum Gasteiger partial charge on any atom is 0.387 e. The average Bonchev–Trinajstić information content (AvgIpc) is 3.26. The SMILES string of the molecule is CCOC(=O)C1=C(C)N(CCc2cccs2)C(=O)NC1c1ccc(OC)c(OC(F)F)c1. The Kier molecular flexibility index (Phi) is 7.68. The predicted molar refractivity (Wildman–Crippen MR) is 115 cm³/mol. The Morgan fingerprint density at radius 1 is 1.28 bits per heavy atom. The number of nitrogens with zero attached hydrogens (tertiary/aromatic N) is 1. The number of carbonyl (C=O) groups excluding carboxylic acids is 2. The van der Waals surface area contributed by atoms with Crippen molar-refractivity contribution in [1.29, 1.82) is 0 Å². The van der Waals surface area contributed by atoms with Gasteiger partial charge in [0.15, 0.2) is 11.5 Å². The number of hydrogen-bond donors (Lipinski definition) is 1. The van der Waals surface area contributed by atoms with Crippen LogP contribution in [0, 0.1) is 0 Å². The van der Waals surface area contributed by atoms with Crippen LogP contribution in [0.2, 0.25) is 0 Å². The van der Waals surface area contributed by atoms with Crippen molar-refractivity contribution in [3.05, 3.63) is 57.4 Å². The average molecular weight is 467 g/mol. The number of hydrogen-bond acceptors (Lipinski definition) is 6. The van der Waals surface area contributed by atoms with Gasteiger partial charge < -0.3 is 19.5 Å². The Labute approximate surface area is 188 Å². The lowest BCUT2D eigenvalue weighted by Gasteiger charge is -2.35. The van der Waals surface area contributed by atoms with Crippen LogP contribution in [-0.2, 0) is 16.0 Å². The number of ether oxygens (including phenoxy) is 3. The second-order valence-electron chi connectivity index (χ2n) is 6.87. The molecule has 0 spiro atoms. The third-order valence-corrected chi connectivity index (χ3v) is 5.93. The van der Waals surface area contributed by atoms with Crippen LogP contribution in [-0.4, -0.2) is 43.8 Å². The van der Waals surface area contributed by atoms with Gasteiger partial charge in [-0.25, -0.2) is 9.59 Å². The van der Waals surface area contributed by atoms with E-state index >= 15 is 0 Å². The van der Waals surface area contributed by atoms with Crippen molar-refractivity contribution in [2.75, 3.05) is 20.3 Å². The molecule has 3 rings (SSSR count). The fourth-order valence-corrected chi connectivity index (χ4v) is 4.21. The van der Waals surface area contributed by atoms with Crippen LogP contribution in [0.4, 0.5) is 13.6 Å². The van der Waals surface area contributed by atoms with Crippen LogP contribution in [0.25, 0.3) is 0 Å². The Balaban J connectivity index is 1.99. The first kappa shape index (κ1) is 23.5. The number of benzene rings is 1. The van der Waals surface area contributed by atoms with Crippen molar-refractivity contribution in [3.63, 3.8) is 0 Å². The van der Waals surface area contributed by atoms with Gasteiger partial charge in [-0.05, 0) is 49.4 Å². The molecule has 32 heavy (non-hydrogen) atoms. The van der Waals surface area contributed by atoms with E-state index in [4.69, 9.17) is 9.47 Å². The van der Waals surface area contributed by atoms with Gasteiger partial charge in [0, 0.05) is 17.1 Å². The largest absolute Gasteiger partial charge is 0.493 e. The molecule has 0 bridgehead atoms. The Hall–Kier alpha value is -3.14. The molecule has 0 aliphatic carbocycles. The number of urea groups is 1. The van der Waals surface area contributed by atoms with Crippen LogP contribution in [0.5, 0.6) is 11.5 Å². The molecule has 1 aliphatic rings. The number of carbonyl (C=O) groups is 2. The summed E-state index contributed by atoms with van der Waals surface area (Å²) in [7, 11) is 1.33. The van der Waals surface area contributed by atoms with Gasteiger partial charge >= 0.3 is 18.6 Å². The number of methoxy groups -OCH3 is 1. The summed E-state index contributed by atoms with van der Waals surface area (Å²) < 4.78 is 40.6. The Morgan fingerprint density at radius 3 is 2.69 bits per heavy atom. The standard InChI is InChI=1S/C22H24F2N2O5S/c1-4-30-20(27)18-13(2)26(10-9-15-6-5-11-32-15)22(28)25-19(18)14-7-8-16(29-3)17(12-14)31-21(23)24/h5-8,11-12,19,21H,4,9-10H2,1-3H3,(H,25,28). The molecule has 2 heterocycles. The van der Waals surface area contributed by atoms with E-state index in [9.17, 15) is 18.4 Å². The van der Waals surface area contributed by atoms with E-state index in [1.54, 1.807) is 31.3 Å². The number of esters is 1. The molecular formula is C22H24F2N2O5S. The number of allylic oxidation sites excluding steroid dienone is 1. The highest BCUT2D eigenvalue weighted by Gasteiger charge is 2.36. The lowest BCUT2D eigenvalue weighted by atomic mass is 9.94.